The zero-order valence-corrected chi connectivity index (χ0v) is 14.5. The van der Waals surface area contributed by atoms with Crippen molar-refractivity contribution in [1.82, 2.24) is 0 Å². The number of halogens is 1. The van der Waals surface area contributed by atoms with Crippen molar-refractivity contribution in [3.8, 4) is 11.5 Å². The Bertz CT molecular complexity index is 764. The number of hydrogen-bond acceptors (Lipinski definition) is 5. The van der Waals surface area contributed by atoms with Gasteiger partial charge >= 0.3 is 0 Å². The van der Waals surface area contributed by atoms with Crippen LogP contribution < -0.4 is 14.8 Å². The Morgan fingerprint density at radius 1 is 1.17 bits per heavy atom. The molecule has 0 fully saturated rings. The number of nitro benzene ring substituents is 1. The van der Waals surface area contributed by atoms with Gasteiger partial charge in [0.05, 0.1) is 30.4 Å². The lowest BCUT2D eigenvalue weighted by molar-refractivity contribution is -0.384. The van der Waals surface area contributed by atoms with E-state index >= 15 is 0 Å². The molecule has 0 aromatic heterocycles. The summed E-state index contributed by atoms with van der Waals surface area (Å²) in [7, 11) is 3.01. The summed E-state index contributed by atoms with van der Waals surface area (Å²) in [6, 6.07) is 9.08. The Morgan fingerprint density at radius 3 is 2.48 bits per heavy atom. The molecule has 120 valence electrons. The van der Waals surface area contributed by atoms with Gasteiger partial charge < -0.3 is 14.8 Å². The van der Waals surface area contributed by atoms with Crippen molar-refractivity contribution < 1.29 is 19.2 Å². The van der Waals surface area contributed by atoms with E-state index < -0.39 is 10.8 Å². The van der Waals surface area contributed by atoms with Gasteiger partial charge in [0.2, 0.25) is 0 Å². The van der Waals surface area contributed by atoms with Gasteiger partial charge in [0.15, 0.2) is 0 Å². The fourth-order valence-corrected chi connectivity index (χ4v) is 2.65. The highest BCUT2D eigenvalue weighted by Gasteiger charge is 2.16. The molecule has 0 heterocycles. The van der Waals surface area contributed by atoms with Gasteiger partial charge in [-0.2, -0.15) is 0 Å². The van der Waals surface area contributed by atoms with Crippen LogP contribution in [-0.2, 0) is 0 Å². The summed E-state index contributed by atoms with van der Waals surface area (Å²) in [6.45, 7) is 0. The SMILES string of the molecule is COc1ccc(OC)c(NC(=O)c2ccc([N+](=O)[O-])cc2I)c1. The fourth-order valence-electron chi connectivity index (χ4n) is 1.90. The molecule has 0 saturated heterocycles. The van der Waals surface area contributed by atoms with Crippen LogP contribution in [0.5, 0.6) is 11.5 Å². The third kappa shape index (κ3) is 3.89. The van der Waals surface area contributed by atoms with Gasteiger partial charge in [-0.05, 0) is 40.8 Å². The van der Waals surface area contributed by atoms with Crippen LogP contribution in [0.15, 0.2) is 36.4 Å². The second-order valence-corrected chi connectivity index (χ2v) is 5.60. The van der Waals surface area contributed by atoms with Crippen molar-refractivity contribution in [3.05, 3.63) is 55.6 Å². The summed E-state index contributed by atoms with van der Waals surface area (Å²) in [5.41, 5.74) is 0.719. The van der Waals surface area contributed by atoms with Gasteiger partial charge in [-0.25, -0.2) is 0 Å². The van der Waals surface area contributed by atoms with Gasteiger partial charge in [-0.1, -0.05) is 0 Å². The van der Waals surface area contributed by atoms with Gasteiger partial charge in [0, 0.05) is 21.8 Å². The molecule has 0 bridgehead atoms. The lowest BCUT2D eigenvalue weighted by Gasteiger charge is -2.12. The zero-order chi connectivity index (χ0) is 17.0. The van der Waals surface area contributed by atoms with E-state index in [0.717, 1.165) is 0 Å². The van der Waals surface area contributed by atoms with E-state index in [1.54, 1.807) is 18.2 Å². The summed E-state index contributed by atoms with van der Waals surface area (Å²) < 4.78 is 10.8. The standard InChI is InChI=1S/C15H13IN2O5/c1-22-10-4-6-14(23-2)13(8-10)17-15(19)11-5-3-9(18(20)21)7-12(11)16/h3-8H,1-2H3,(H,17,19). The summed E-state index contributed by atoms with van der Waals surface area (Å²) in [5.74, 6) is 0.659. The highest BCUT2D eigenvalue weighted by atomic mass is 127. The molecule has 0 spiro atoms. The third-order valence-corrected chi connectivity index (χ3v) is 3.96. The van der Waals surface area contributed by atoms with Crippen molar-refractivity contribution in [2.24, 2.45) is 0 Å². The van der Waals surface area contributed by atoms with Crippen LogP contribution in [0.2, 0.25) is 0 Å². The maximum Gasteiger partial charge on any atom is 0.270 e. The maximum absolute atomic E-state index is 12.4. The molecule has 2 rings (SSSR count). The van der Waals surface area contributed by atoms with Gasteiger partial charge in [0.25, 0.3) is 11.6 Å². The number of anilines is 1. The molecule has 0 unspecified atom stereocenters. The highest BCUT2D eigenvalue weighted by Crippen LogP contribution is 2.30. The minimum absolute atomic E-state index is 0.0649. The number of rotatable bonds is 5. The summed E-state index contributed by atoms with van der Waals surface area (Å²) in [5, 5.41) is 13.5. The number of non-ortho nitro benzene ring substituents is 1. The van der Waals surface area contributed by atoms with E-state index in [1.807, 2.05) is 22.6 Å². The lowest BCUT2D eigenvalue weighted by Crippen LogP contribution is -2.14. The average molecular weight is 428 g/mol. The number of hydrogen-bond donors (Lipinski definition) is 1. The Morgan fingerprint density at radius 2 is 1.91 bits per heavy atom. The van der Waals surface area contributed by atoms with Crippen molar-refractivity contribution in [2.75, 3.05) is 19.5 Å². The molecule has 0 aliphatic heterocycles. The number of amides is 1. The molecule has 8 heteroatoms. The molecule has 7 nitrogen and oxygen atoms in total. The van der Waals surface area contributed by atoms with E-state index in [2.05, 4.69) is 5.32 Å². The fraction of sp³-hybridized carbons (Fsp3) is 0.133. The van der Waals surface area contributed by atoms with E-state index in [1.165, 1.54) is 32.4 Å². The van der Waals surface area contributed by atoms with Crippen LogP contribution in [0.1, 0.15) is 10.4 Å². The largest absolute Gasteiger partial charge is 0.497 e. The second kappa shape index (κ2) is 7.27. The predicted octanol–water partition coefficient (Wildman–Crippen LogP) is 3.47. The smallest absolute Gasteiger partial charge is 0.270 e. The molecule has 0 aliphatic rings. The first-order valence-electron chi connectivity index (χ1n) is 6.43. The lowest BCUT2D eigenvalue weighted by atomic mass is 10.2. The van der Waals surface area contributed by atoms with Crippen LogP contribution in [0, 0.1) is 13.7 Å². The number of carbonyl (C=O) groups excluding carboxylic acids is 1. The normalized spacial score (nSPS) is 10.0. The summed E-state index contributed by atoms with van der Waals surface area (Å²) in [6.07, 6.45) is 0. The van der Waals surface area contributed by atoms with Gasteiger partial charge in [-0.15, -0.1) is 0 Å². The first-order chi connectivity index (χ1) is 11.0. The van der Waals surface area contributed by atoms with Gasteiger partial charge in [0.1, 0.15) is 11.5 Å². The Balaban J connectivity index is 2.30. The van der Waals surface area contributed by atoms with Crippen LogP contribution >= 0.6 is 22.6 Å². The molecule has 23 heavy (non-hydrogen) atoms. The second-order valence-electron chi connectivity index (χ2n) is 4.44. The van der Waals surface area contributed by atoms with E-state index in [-0.39, 0.29) is 5.69 Å². The molecule has 0 saturated carbocycles. The number of nitrogens with zero attached hydrogens (tertiary/aromatic N) is 1. The first kappa shape index (κ1) is 17.0. The van der Waals surface area contributed by atoms with Crippen LogP contribution in [0.3, 0.4) is 0 Å². The summed E-state index contributed by atoms with van der Waals surface area (Å²) >= 11 is 1.89. The van der Waals surface area contributed by atoms with E-state index in [0.29, 0.717) is 26.3 Å². The van der Waals surface area contributed by atoms with E-state index in [4.69, 9.17) is 9.47 Å². The molecule has 2 aromatic rings. The van der Waals surface area contributed by atoms with Gasteiger partial charge in [-0.3, -0.25) is 14.9 Å². The van der Waals surface area contributed by atoms with Crippen LogP contribution in [0.25, 0.3) is 0 Å². The number of nitrogens with one attached hydrogen (secondary N) is 1. The minimum Gasteiger partial charge on any atom is -0.497 e. The Hall–Kier alpha value is -2.36. The van der Waals surface area contributed by atoms with Crippen molar-refractivity contribution >= 4 is 39.9 Å². The maximum atomic E-state index is 12.4. The molecule has 1 amide bonds. The van der Waals surface area contributed by atoms with Crippen LogP contribution in [-0.4, -0.2) is 25.1 Å². The number of benzene rings is 2. The Labute approximate surface area is 145 Å². The third-order valence-electron chi connectivity index (χ3n) is 3.06. The summed E-state index contributed by atoms with van der Waals surface area (Å²) in [4.78, 5) is 22.6. The van der Waals surface area contributed by atoms with E-state index in [9.17, 15) is 14.9 Å². The molecular formula is C15H13IN2O5. The van der Waals surface area contributed by atoms with Crippen molar-refractivity contribution in [2.45, 2.75) is 0 Å². The molecule has 0 radical (unpaired) electrons. The first-order valence-corrected chi connectivity index (χ1v) is 7.51. The minimum atomic E-state index is -0.505. The average Bonchev–Trinajstić information content (AvgIpc) is 2.54. The topological polar surface area (TPSA) is 90.7 Å². The molecule has 2 aromatic carbocycles. The number of nitro groups is 1. The quantitative estimate of drug-likeness (QED) is 0.448. The van der Waals surface area contributed by atoms with Crippen LogP contribution in [0.4, 0.5) is 11.4 Å². The number of methoxy groups -OCH3 is 2. The van der Waals surface area contributed by atoms with Crippen molar-refractivity contribution in [1.29, 1.82) is 0 Å². The highest BCUT2D eigenvalue weighted by molar-refractivity contribution is 14.1. The molecule has 0 aliphatic carbocycles. The van der Waals surface area contributed by atoms with Crippen molar-refractivity contribution in [3.63, 3.8) is 0 Å². The predicted molar refractivity (Wildman–Crippen MR) is 93.3 cm³/mol. The monoisotopic (exact) mass is 428 g/mol. The number of ether oxygens (including phenoxy) is 2. The zero-order valence-electron chi connectivity index (χ0n) is 12.3. The molecule has 1 N–H and O–H groups in total. The molecular weight excluding hydrogens is 415 g/mol. The molecule has 0 atom stereocenters. The Kier molecular flexibility index (Phi) is 5.37. The number of carbonyl (C=O) groups is 1.